The lowest BCUT2D eigenvalue weighted by Gasteiger charge is -2.22. The molecule has 4 heteroatoms. The van der Waals surface area contributed by atoms with Gasteiger partial charge in [0.1, 0.15) is 5.75 Å². The highest BCUT2D eigenvalue weighted by molar-refractivity contribution is 9.10. The molecule has 1 aliphatic heterocycles. The lowest BCUT2D eigenvalue weighted by molar-refractivity contribution is 0.266. The van der Waals surface area contributed by atoms with Crippen LogP contribution in [0.3, 0.4) is 0 Å². The van der Waals surface area contributed by atoms with E-state index in [1.54, 1.807) is 12.4 Å². The lowest BCUT2D eigenvalue weighted by Crippen LogP contribution is -2.20. The molecule has 1 aromatic rings. The molecule has 12 heavy (non-hydrogen) atoms. The van der Waals surface area contributed by atoms with Crippen molar-refractivity contribution in [3.8, 4) is 5.75 Å². The third-order valence-corrected chi connectivity index (χ3v) is 2.52. The Labute approximate surface area is 79.1 Å². The molecule has 2 N–H and O–H groups in total. The van der Waals surface area contributed by atoms with Crippen LogP contribution >= 0.6 is 15.9 Å². The average Bonchev–Trinajstić information content (AvgIpc) is 2.07. The maximum atomic E-state index is 5.87. The fraction of sp³-hybridized carbons (Fsp3) is 0.375. The number of ether oxygens (including phenoxy) is 1. The third-order valence-electron chi connectivity index (χ3n) is 1.96. The first-order valence-electron chi connectivity index (χ1n) is 3.81. The van der Waals surface area contributed by atoms with Crippen LogP contribution in [0, 0.1) is 0 Å². The number of pyridine rings is 1. The zero-order valence-electron chi connectivity index (χ0n) is 6.46. The molecule has 1 atom stereocenters. The van der Waals surface area contributed by atoms with Gasteiger partial charge in [-0.15, -0.1) is 0 Å². The second-order valence-electron chi connectivity index (χ2n) is 2.78. The largest absolute Gasteiger partial charge is 0.492 e. The van der Waals surface area contributed by atoms with E-state index >= 15 is 0 Å². The van der Waals surface area contributed by atoms with Gasteiger partial charge in [-0.2, -0.15) is 0 Å². The van der Waals surface area contributed by atoms with Gasteiger partial charge in [0.05, 0.1) is 11.1 Å². The summed E-state index contributed by atoms with van der Waals surface area (Å²) in [6, 6.07) is 0.0683. The van der Waals surface area contributed by atoms with Crippen LogP contribution in [0.1, 0.15) is 18.0 Å². The van der Waals surface area contributed by atoms with Crippen LogP contribution in [0.2, 0.25) is 0 Å². The molecule has 2 rings (SSSR count). The van der Waals surface area contributed by atoms with Crippen molar-refractivity contribution < 1.29 is 4.74 Å². The van der Waals surface area contributed by atoms with Crippen molar-refractivity contribution in [1.82, 2.24) is 4.98 Å². The molecule has 1 aliphatic rings. The smallest absolute Gasteiger partial charge is 0.141 e. The molecule has 1 aromatic heterocycles. The van der Waals surface area contributed by atoms with Crippen molar-refractivity contribution in [2.24, 2.45) is 5.73 Å². The molecule has 1 unspecified atom stereocenters. The zero-order valence-corrected chi connectivity index (χ0v) is 8.04. The molecule has 0 saturated carbocycles. The Hall–Kier alpha value is -0.610. The quantitative estimate of drug-likeness (QED) is 0.735. The molecular formula is C8H9BrN2O. The minimum absolute atomic E-state index is 0.0683. The second-order valence-corrected chi connectivity index (χ2v) is 3.64. The van der Waals surface area contributed by atoms with Gasteiger partial charge in [-0.25, -0.2) is 0 Å². The van der Waals surface area contributed by atoms with E-state index in [1.807, 2.05) is 0 Å². The summed E-state index contributed by atoms with van der Waals surface area (Å²) in [5.74, 6) is 0.851. The Morgan fingerprint density at radius 1 is 1.58 bits per heavy atom. The molecule has 0 spiro atoms. The maximum absolute atomic E-state index is 5.87. The van der Waals surface area contributed by atoms with Crippen molar-refractivity contribution in [2.75, 3.05) is 6.61 Å². The van der Waals surface area contributed by atoms with E-state index in [9.17, 15) is 0 Å². The highest BCUT2D eigenvalue weighted by Gasteiger charge is 2.19. The third kappa shape index (κ3) is 1.21. The summed E-state index contributed by atoms with van der Waals surface area (Å²) in [6.45, 7) is 0.691. The van der Waals surface area contributed by atoms with Crippen LogP contribution in [0.4, 0.5) is 0 Å². The van der Waals surface area contributed by atoms with Crippen LogP contribution in [0.25, 0.3) is 0 Å². The summed E-state index contributed by atoms with van der Waals surface area (Å²) in [5.41, 5.74) is 6.87. The van der Waals surface area contributed by atoms with Crippen LogP contribution in [0.5, 0.6) is 5.75 Å². The van der Waals surface area contributed by atoms with Gasteiger partial charge in [0.15, 0.2) is 0 Å². The van der Waals surface area contributed by atoms with E-state index in [1.165, 1.54) is 0 Å². The normalized spacial score (nSPS) is 21.3. The summed E-state index contributed by atoms with van der Waals surface area (Å²) in [4.78, 5) is 4.04. The summed E-state index contributed by atoms with van der Waals surface area (Å²) in [6.07, 6.45) is 4.35. The minimum atomic E-state index is 0.0683. The average molecular weight is 229 g/mol. The molecule has 3 nitrogen and oxygen atoms in total. The monoisotopic (exact) mass is 228 g/mol. The van der Waals surface area contributed by atoms with Gasteiger partial charge < -0.3 is 10.5 Å². The molecule has 0 aromatic carbocycles. The van der Waals surface area contributed by atoms with E-state index in [0.717, 1.165) is 22.2 Å². The highest BCUT2D eigenvalue weighted by atomic mass is 79.9. The van der Waals surface area contributed by atoms with Crippen LogP contribution in [-0.2, 0) is 0 Å². The molecule has 2 heterocycles. The van der Waals surface area contributed by atoms with E-state index in [2.05, 4.69) is 20.9 Å². The zero-order chi connectivity index (χ0) is 8.55. The molecule has 0 fully saturated rings. The summed E-state index contributed by atoms with van der Waals surface area (Å²) in [7, 11) is 0. The van der Waals surface area contributed by atoms with E-state index in [4.69, 9.17) is 10.5 Å². The van der Waals surface area contributed by atoms with Gasteiger partial charge in [0.2, 0.25) is 0 Å². The molecular weight excluding hydrogens is 220 g/mol. The number of rotatable bonds is 0. The highest BCUT2D eigenvalue weighted by Crippen LogP contribution is 2.35. The molecule has 0 aliphatic carbocycles. The van der Waals surface area contributed by atoms with Gasteiger partial charge >= 0.3 is 0 Å². The standard InChI is InChI=1S/C8H9BrN2O/c9-6-4-11-3-5-7(10)1-2-12-8(5)6/h3-4,7H,1-2,10H2. The Kier molecular flexibility index (Phi) is 2.02. The fourth-order valence-electron chi connectivity index (χ4n) is 1.30. The maximum Gasteiger partial charge on any atom is 0.141 e. The van der Waals surface area contributed by atoms with E-state index < -0.39 is 0 Å². The van der Waals surface area contributed by atoms with E-state index in [0.29, 0.717) is 6.61 Å². The number of hydrogen-bond acceptors (Lipinski definition) is 3. The van der Waals surface area contributed by atoms with Crippen molar-refractivity contribution in [3.63, 3.8) is 0 Å². The molecule has 0 saturated heterocycles. The van der Waals surface area contributed by atoms with Gasteiger partial charge in [0, 0.05) is 30.4 Å². The Balaban J connectivity index is 2.52. The number of nitrogens with two attached hydrogens (primary N) is 1. The van der Waals surface area contributed by atoms with E-state index in [-0.39, 0.29) is 6.04 Å². The topological polar surface area (TPSA) is 48.1 Å². The molecule has 0 radical (unpaired) electrons. The number of nitrogens with zero attached hydrogens (tertiary/aromatic N) is 1. The minimum Gasteiger partial charge on any atom is -0.492 e. The number of halogens is 1. The molecule has 0 bridgehead atoms. The Morgan fingerprint density at radius 2 is 2.42 bits per heavy atom. The predicted octanol–water partition coefficient (Wildman–Crippen LogP) is 1.63. The lowest BCUT2D eigenvalue weighted by atomic mass is 10.0. The Bertz CT molecular complexity index is 303. The van der Waals surface area contributed by atoms with Crippen molar-refractivity contribution >= 4 is 15.9 Å². The first kappa shape index (κ1) is 8.01. The summed E-state index contributed by atoms with van der Waals surface area (Å²) < 4.78 is 6.34. The number of hydrogen-bond donors (Lipinski definition) is 1. The molecule has 64 valence electrons. The summed E-state index contributed by atoms with van der Waals surface area (Å²) in [5, 5.41) is 0. The first-order valence-corrected chi connectivity index (χ1v) is 4.60. The number of fused-ring (bicyclic) bond motifs is 1. The van der Waals surface area contributed by atoms with Crippen molar-refractivity contribution in [2.45, 2.75) is 12.5 Å². The van der Waals surface area contributed by atoms with Gasteiger partial charge in [-0.3, -0.25) is 4.98 Å². The summed E-state index contributed by atoms with van der Waals surface area (Å²) >= 11 is 3.37. The SMILES string of the molecule is NC1CCOc2c(Br)cncc21. The van der Waals surface area contributed by atoms with Gasteiger partial charge in [-0.05, 0) is 15.9 Å². The van der Waals surface area contributed by atoms with Crippen molar-refractivity contribution in [1.29, 1.82) is 0 Å². The van der Waals surface area contributed by atoms with Crippen molar-refractivity contribution in [3.05, 3.63) is 22.4 Å². The first-order chi connectivity index (χ1) is 5.79. The number of aromatic nitrogens is 1. The molecule has 0 amide bonds. The Morgan fingerprint density at radius 3 is 3.17 bits per heavy atom. The predicted molar refractivity (Wildman–Crippen MR) is 49.0 cm³/mol. The van der Waals surface area contributed by atoms with Crippen LogP contribution in [-0.4, -0.2) is 11.6 Å². The van der Waals surface area contributed by atoms with Gasteiger partial charge in [-0.1, -0.05) is 0 Å². The fourth-order valence-corrected chi connectivity index (χ4v) is 1.76. The van der Waals surface area contributed by atoms with Crippen LogP contribution in [0.15, 0.2) is 16.9 Å². The second kappa shape index (κ2) is 3.03. The van der Waals surface area contributed by atoms with Gasteiger partial charge in [0.25, 0.3) is 0 Å². The van der Waals surface area contributed by atoms with Crippen LogP contribution < -0.4 is 10.5 Å².